The van der Waals surface area contributed by atoms with Crippen LogP contribution in [0.15, 0.2) is 12.4 Å². The fourth-order valence-corrected chi connectivity index (χ4v) is 4.13. The van der Waals surface area contributed by atoms with Crippen LogP contribution in [0.4, 0.5) is 0 Å². The smallest absolute Gasteiger partial charge is 0.157 e. The summed E-state index contributed by atoms with van der Waals surface area (Å²) in [6, 6.07) is 0.609. The highest BCUT2D eigenvalue weighted by Gasteiger charge is 2.18. The van der Waals surface area contributed by atoms with Crippen LogP contribution in [0.2, 0.25) is 0 Å². The average Bonchev–Trinajstić information content (AvgIpc) is 3.09. The molecule has 1 saturated carbocycles. The molecular weight excluding hydrogens is 244 g/mol. The van der Waals surface area contributed by atoms with E-state index in [4.69, 9.17) is 4.74 Å². The molecule has 3 nitrogen and oxygen atoms in total. The summed E-state index contributed by atoms with van der Waals surface area (Å²) in [6.07, 6.45) is 11.9. The van der Waals surface area contributed by atoms with Gasteiger partial charge in [-0.1, -0.05) is 19.3 Å². The van der Waals surface area contributed by atoms with Gasteiger partial charge in [-0.15, -0.1) is 0 Å². The number of thioether (sulfide) groups is 1. The largest absolute Gasteiger partial charge is 0.490 e. The standard InChI is InChI=1S/C14H22N2OS/c1-2-4-13(5-3-1)16-9-14(8-15-16)17-10-12-6-7-18-11-12/h8-9,12-13H,1-7,10-11H2. The molecule has 1 aromatic heterocycles. The number of nitrogens with zero attached hydrogens (tertiary/aromatic N) is 2. The van der Waals surface area contributed by atoms with Crippen molar-refractivity contribution in [3.05, 3.63) is 12.4 Å². The van der Waals surface area contributed by atoms with Gasteiger partial charge >= 0.3 is 0 Å². The third kappa shape index (κ3) is 3.02. The molecule has 1 aliphatic carbocycles. The average molecular weight is 266 g/mol. The third-order valence-corrected chi connectivity index (χ3v) is 5.27. The van der Waals surface area contributed by atoms with E-state index in [2.05, 4.69) is 16.0 Å². The van der Waals surface area contributed by atoms with Crippen LogP contribution in [0.3, 0.4) is 0 Å². The van der Waals surface area contributed by atoms with Gasteiger partial charge in [0.05, 0.1) is 25.0 Å². The molecule has 3 rings (SSSR count). The van der Waals surface area contributed by atoms with Crippen molar-refractivity contribution >= 4 is 11.8 Å². The molecule has 1 atom stereocenters. The zero-order chi connectivity index (χ0) is 12.2. The molecule has 0 radical (unpaired) electrons. The lowest BCUT2D eigenvalue weighted by molar-refractivity contribution is 0.262. The van der Waals surface area contributed by atoms with Crippen molar-refractivity contribution in [1.29, 1.82) is 0 Å². The highest BCUT2D eigenvalue weighted by molar-refractivity contribution is 7.99. The lowest BCUT2D eigenvalue weighted by Crippen LogP contribution is -2.13. The van der Waals surface area contributed by atoms with Crippen LogP contribution >= 0.6 is 11.8 Å². The zero-order valence-corrected chi connectivity index (χ0v) is 11.7. The first-order chi connectivity index (χ1) is 8.92. The van der Waals surface area contributed by atoms with Crippen LogP contribution in [0.1, 0.15) is 44.6 Å². The van der Waals surface area contributed by atoms with Gasteiger partial charge < -0.3 is 4.74 Å². The Morgan fingerprint density at radius 1 is 1.28 bits per heavy atom. The monoisotopic (exact) mass is 266 g/mol. The van der Waals surface area contributed by atoms with Crippen molar-refractivity contribution in [3.8, 4) is 5.75 Å². The van der Waals surface area contributed by atoms with E-state index in [9.17, 15) is 0 Å². The SMILES string of the molecule is c1nn(C2CCCCC2)cc1OCC1CCSC1. The Hall–Kier alpha value is -0.640. The van der Waals surface area contributed by atoms with E-state index in [-0.39, 0.29) is 0 Å². The number of hydrogen-bond donors (Lipinski definition) is 0. The minimum Gasteiger partial charge on any atom is -0.490 e. The minimum atomic E-state index is 0.609. The Morgan fingerprint density at radius 3 is 2.94 bits per heavy atom. The van der Waals surface area contributed by atoms with Gasteiger partial charge in [0.25, 0.3) is 0 Å². The molecule has 18 heavy (non-hydrogen) atoms. The molecule has 4 heteroatoms. The Balaban J connectivity index is 1.52. The van der Waals surface area contributed by atoms with Crippen molar-refractivity contribution in [2.24, 2.45) is 5.92 Å². The summed E-state index contributed by atoms with van der Waals surface area (Å²) in [5.41, 5.74) is 0. The summed E-state index contributed by atoms with van der Waals surface area (Å²) in [6.45, 7) is 0.864. The van der Waals surface area contributed by atoms with E-state index < -0.39 is 0 Å². The van der Waals surface area contributed by atoms with Crippen LogP contribution in [0.25, 0.3) is 0 Å². The van der Waals surface area contributed by atoms with Gasteiger partial charge in [0.2, 0.25) is 0 Å². The summed E-state index contributed by atoms with van der Waals surface area (Å²) in [5.74, 6) is 4.26. The van der Waals surface area contributed by atoms with Gasteiger partial charge in [-0.05, 0) is 30.8 Å². The summed E-state index contributed by atoms with van der Waals surface area (Å²) in [4.78, 5) is 0. The second-order valence-corrected chi connectivity index (χ2v) is 6.64. The van der Waals surface area contributed by atoms with Gasteiger partial charge in [0.1, 0.15) is 0 Å². The van der Waals surface area contributed by atoms with Gasteiger partial charge in [0.15, 0.2) is 5.75 Å². The van der Waals surface area contributed by atoms with Crippen LogP contribution in [0.5, 0.6) is 5.75 Å². The van der Waals surface area contributed by atoms with E-state index in [0.29, 0.717) is 6.04 Å². The molecule has 0 N–H and O–H groups in total. The minimum absolute atomic E-state index is 0.609. The van der Waals surface area contributed by atoms with Crippen LogP contribution in [-0.2, 0) is 0 Å². The van der Waals surface area contributed by atoms with E-state index in [1.807, 2.05) is 18.0 Å². The first-order valence-electron chi connectivity index (χ1n) is 7.16. The maximum atomic E-state index is 5.86. The molecule has 100 valence electrons. The summed E-state index contributed by atoms with van der Waals surface area (Å²) >= 11 is 2.04. The van der Waals surface area contributed by atoms with E-state index in [1.54, 1.807) is 0 Å². The molecular formula is C14H22N2OS. The van der Waals surface area contributed by atoms with Crippen LogP contribution in [-0.4, -0.2) is 27.9 Å². The van der Waals surface area contributed by atoms with Gasteiger partial charge in [-0.2, -0.15) is 16.9 Å². The number of ether oxygens (including phenoxy) is 1. The molecule has 0 aromatic carbocycles. The summed E-state index contributed by atoms with van der Waals surface area (Å²) < 4.78 is 7.99. The molecule has 2 fully saturated rings. The Morgan fingerprint density at radius 2 is 2.17 bits per heavy atom. The van der Waals surface area contributed by atoms with Crippen molar-refractivity contribution in [1.82, 2.24) is 9.78 Å². The van der Waals surface area contributed by atoms with Gasteiger partial charge in [-0.3, -0.25) is 4.68 Å². The van der Waals surface area contributed by atoms with Crippen LogP contribution < -0.4 is 4.74 Å². The highest BCUT2D eigenvalue weighted by Crippen LogP contribution is 2.29. The predicted molar refractivity (Wildman–Crippen MR) is 75.3 cm³/mol. The van der Waals surface area contributed by atoms with Crippen molar-refractivity contribution in [2.75, 3.05) is 18.1 Å². The fourth-order valence-electron chi connectivity index (χ4n) is 2.87. The summed E-state index contributed by atoms with van der Waals surface area (Å²) in [5, 5.41) is 4.47. The van der Waals surface area contributed by atoms with E-state index in [1.165, 1.54) is 50.0 Å². The predicted octanol–water partition coefficient (Wildman–Crippen LogP) is 3.52. The molecule has 1 unspecified atom stereocenters. The molecule has 0 bridgehead atoms. The lowest BCUT2D eigenvalue weighted by atomic mass is 9.96. The Bertz CT molecular complexity index is 368. The molecule has 1 aliphatic heterocycles. The third-order valence-electron chi connectivity index (χ3n) is 4.04. The first-order valence-corrected chi connectivity index (χ1v) is 8.32. The molecule has 1 aromatic rings. The van der Waals surface area contributed by atoms with Crippen LogP contribution in [0, 0.1) is 5.92 Å². The van der Waals surface area contributed by atoms with Crippen molar-refractivity contribution in [2.45, 2.75) is 44.6 Å². The maximum absolute atomic E-state index is 5.86. The highest BCUT2D eigenvalue weighted by atomic mass is 32.2. The van der Waals surface area contributed by atoms with Crippen molar-refractivity contribution < 1.29 is 4.74 Å². The quantitative estimate of drug-likeness (QED) is 0.834. The first kappa shape index (κ1) is 12.4. The Kier molecular flexibility index (Phi) is 4.13. The number of rotatable bonds is 4. The normalized spacial score (nSPS) is 25.4. The Labute approximate surface area is 113 Å². The molecule has 2 heterocycles. The number of aromatic nitrogens is 2. The number of hydrogen-bond acceptors (Lipinski definition) is 3. The molecule has 0 amide bonds. The fraction of sp³-hybridized carbons (Fsp3) is 0.786. The van der Waals surface area contributed by atoms with Crippen molar-refractivity contribution in [3.63, 3.8) is 0 Å². The molecule has 0 spiro atoms. The zero-order valence-electron chi connectivity index (χ0n) is 10.9. The second kappa shape index (κ2) is 6.00. The summed E-state index contributed by atoms with van der Waals surface area (Å²) in [7, 11) is 0. The van der Waals surface area contributed by atoms with E-state index in [0.717, 1.165) is 18.3 Å². The second-order valence-electron chi connectivity index (χ2n) is 5.49. The molecule has 2 aliphatic rings. The topological polar surface area (TPSA) is 27.1 Å². The van der Waals surface area contributed by atoms with Gasteiger partial charge in [-0.25, -0.2) is 0 Å². The van der Waals surface area contributed by atoms with E-state index >= 15 is 0 Å². The lowest BCUT2D eigenvalue weighted by Gasteiger charge is -2.21. The molecule has 1 saturated heterocycles. The maximum Gasteiger partial charge on any atom is 0.157 e. The van der Waals surface area contributed by atoms with Gasteiger partial charge in [0, 0.05) is 5.92 Å².